The van der Waals surface area contributed by atoms with E-state index in [1.54, 1.807) is 24.8 Å². The number of aromatic nitrogens is 2. The lowest BCUT2D eigenvalue weighted by Gasteiger charge is -2.20. The van der Waals surface area contributed by atoms with Crippen LogP contribution >= 0.6 is 0 Å². The molecular formula is C24H32N4O3. The number of ether oxygens (including phenoxy) is 1. The number of rotatable bonds is 8. The average molecular weight is 425 g/mol. The van der Waals surface area contributed by atoms with Crippen LogP contribution in [0.4, 0.5) is 5.69 Å². The first kappa shape index (κ1) is 22.8. The summed E-state index contributed by atoms with van der Waals surface area (Å²) in [5, 5.41) is 3.95. The Balaban J connectivity index is 1.89. The number of fused-ring (bicyclic) bond motifs is 1. The van der Waals surface area contributed by atoms with Gasteiger partial charge in [0.25, 0.3) is 11.5 Å². The predicted molar refractivity (Wildman–Crippen MR) is 125 cm³/mol. The van der Waals surface area contributed by atoms with Gasteiger partial charge in [-0.2, -0.15) is 0 Å². The molecule has 31 heavy (non-hydrogen) atoms. The lowest BCUT2D eigenvalue weighted by molar-refractivity contribution is 0.102. The molecule has 2 aromatic heterocycles. The van der Waals surface area contributed by atoms with Crippen LogP contribution in [-0.4, -0.2) is 54.3 Å². The van der Waals surface area contributed by atoms with E-state index < -0.39 is 0 Å². The van der Waals surface area contributed by atoms with Crippen LogP contribution in [0.15, 0.2) is 41.3 Å². The van der Waals surface area contributed by atoms with Crippen LogP contribution in [0.25, 0.3) is 10.9 Å². The molecule has 1 unspecified atom stereocenters. The maximum atomic E-state index is 13.1. The van der Waals surface area contributed by atoms with Gasteiger partial charge in [-0.1, -0.05) is 0 Å². The van der Waals surface area contributed by atoms with Crippen LogP contribution in [0.5, 0.6) is 0 Å². The molecule has 0 saturated heterocycles. The first-order valence-electron chi connectivity index (χ1n) is 10.5. The highest BCUT2D eigenvalue weighted by molar-refractivity contribution is 6.05. The molecule has 0 aliphatic rings. The van der Waals surface area contributed by atoms with Crippen LogP contribution < -0.4 is 10.9 Å². The molecule has 0 aliphatic carbocycles. The molecule has 166 valence electrons. The molecule has 0 aliphatic heterocycles. The number of amides is 1. The third-order valence-corrected chi connectivity index (χ3v) is 5.54. The lowest BCUT2D eigenvalue weighted by Crippen LogP contribution is -2.34. The fraction of sp³-hybridized carbons (Fsp3) is 0.417. The van der Waals surface area contributed by atoms with Gasteiger partial charge in [-0.3, -0.25) is 9.59 Å². The maximum Gasteiger partial charge on any atom is 0.263 e. The molecule has 0 spiro atoms. The van der Waals surface area contributed by atoms with Crippen molar-refractivity contribution in [2.24, 2.45) is 0 Å². The smallest absolute Gasteiger partial charge is 0.263 e. The van der Waals surface area contributed by atoms with E-state index in [9.17, 15) is 9.59 Å². The quantitative estimate of drug-likeness (QED) is 0.601. The number of methoxy groups -OCH3 is 1. The van der Waals surface area contributed by atoms with Crippen molar-refractivity contribution in [3.05, 3.63) is 63.7 Å². The first-order valence-corrected chi connectivity index (χ1v) is 10.5. The number of aryl methyl sites for hydroxylation is 2. The zero-order valence-corrected chi connectivity index (χ0v) is 19.2. The van der Waals surface area contributed by atoms with Gasteiger partial charge in [-0.05, 0) is 70.8 Å². The number of nitrogens with zero attached hydrogens (tertiary/aromatic N) is 3. The highest BCUT2D eigenvalue weighted by Crippen LogP contribution is 2.24. The van der Waals surface area contributed by atoms with E-state index in [0.717, 1.165) is 23.1 Å². The van der Waals surface area contributed by atoms with Crippen LogP contribution in [-0.2, 0) is 11.3 Å². The minimum Gasteiger partial charge on any atom is -0.383 e. The maximum absolute atomic E-state index is 13.1. The Morgan fingerprint density at radius 2 is 1.94 bits per heavy atom. The van der Waals surface area contributed by atoms with Gasteiger partial charge in [0.1, 0.15) is 5.56 Å². The van der Waals surface area contributed by atoms with Crippen molar-refractivity contribution in [1.29, 1.82) is 0 Å². The summed E-state index contributed by atoms with van der Waals surface area (Å²) in [6, 6.07) is 9.67. The standard InChI is InChI=1S/C24H32N4O3/c1-16-9-10-28(18(3)15-26(4)5)24(30)22(16)23(29)25-20-7-8-21-19(14-20)13-17(2)27(21)11-12-31-6/h7-10,13-14,18H,11-12,15H2,1-6H3,(H,25,29). The van der Waals surface area contributed by atoms with Crippen molar-refractivity contribution in [3.8, 4) is 0 Å². The number of carbonyl (C=O) groups is 1. The van der Waals surface area contributed by atoms with E-state index in [-0.39, 0.29) is 23.1 Å². The van der Waals surface area contributed by atoms with Gasteiger partial charge in [0.05, 0.1) is 6.61 Å². The van der Waals surface area contributed by atoms with Gasteiger partial charge in [0.2, 0.25) is 0 Å². The summed E-state index contributed by atoms with van der Waals surface area (Å²) in [7, 11) is 5.61. The minimum absolute atomic E-state index is 0.0409. The van der Waals surface area contributed by atoms with Gasteiger partial charge in [-0.15, -0.1) is 0 Å². The number of benzene rings is 1. The van der Waals surface area contributed by atoms with E-state index in [1.807, 2.05) is 50.2 Å². The monoisotopic (exact) mass is 424 g/mol. The minimum atomic E-state index is -0.385. The van der Waals surface area contributed by atoms with Crippen LogP contribution in [0.2, 0.25) is 0 Å². The second kappa shape index (κ2) is 9.49. The molecule has 0 fully saturated rings. The summed E-state index contributed by atoms with van der Waals surface area (Å²) < 4.78 is 9.02. The second-order valence-corrected chi connectivity index (χ2v) is 8.36. The number of anilines is 1. The molecule has 1 amide bonds. The molecule has 7 nitrogen and oxygen atoms in total. The summed E-state index contributed by atoms with van der Waals surface area (Å²) >= 11 is 0. The topological polar surface area (TPSA) is 68.5 Å². The molecule has 1 aromatic carbocycles. The lowest BCUT2D eigenvalue weighted by atomic mass is 10.1. The summed E-state index contributed by atoms with van der Waals surface area (Å²) in [4.78, 5) is 28.1. The largest absolute Gasteiger partial charge is 0.383 e. The molecule has 1 atom stereocenters. The molecule has 1 N–H and O–H groups in total. The molecule has 2 heterocycles. The highest BCUT2D eigenvalue weighted by Gasteiger charge is 2.19. The summed E-state index contributed by atoms with van der Waals surface area (Å²) in [6.07, 6.45) is 1.76. The van der Waals surface area contributed by atoms with Gasteiger partial charge in [0.15, 0.2) is 0 Å². The molecule has 3 rings (SSSR count). The molecule has 0 saturated carbocycles. The number of hydrogen-bond donors (Lipinski definition) is 1. The number of nitrogens with one attached hydrogen (secondary N) is 1. The van der Waals surface area contributed by atoms with Crippen LogP contribution in [0.1, 0.15) is 34.6 Å². The SMILES string of the molecule is COCCn1c(C)cc2cc(NC(=O)c3c(C)ccn(C(C)CN(C)C)c3=O)ccc21. The third-order valence-electron chi connectivity index (χ3n) is 5.54. The van der Waals surface area contributed by atoms with E-state index in [0.29, 0.717) is 24.4 Å². The zero-order valence-electron chi connectivity index (χ0n) is 19.2. The van der Waals surface area contributed by atoms with Crippen molar-refractivity contribution in [3.63, 3.8) is 0 Å². The average Bonchev–Trinajstić information content (AvgIpc) is 2.99. The van der Waals surface area contributed by atoms with Crippen molar-refractivity contribution >= 4 is 22.5 Å². The fourth-order valence-corrected chi connectivity index (χ4v) is 4.04. The van der Waals surface area contributed by atoms with Gasteiger partial charge < -0.3 is 24.1 Å². The van der Waals surface area contributed by atoms with Gasteiger partial charge in [-0.25, -0.2) is 0 Å². The molecule has 7 heteroatoms. The normalized spacial score (nSPS) is 12.5. The molecular weight excluding hydrogens is 392 g/mol. The molecule has 0 radical (unpaired) electrons. The van der Waals surface area contributed by atoms with Crippen LogP contribution in [0.3, 0.4) is 0 Å². The van der Waals surface area contributed by atoms with E-state index >= 15 is 0 Å². The molecule has 0 bridgehead atoms. The Labute approximate surface area is 183 Å². The predicted octanol–water partition coefficient (Wildman–Crippen LogP) is 3.44. The number of carbonyl (C=O) groups excluding carboxylic acids is 1. The fourth-order valence-electron chi connectivity index (χ4n) is 4.04. The van der Waals surface area contributed by atoms with Gasteiger partial charge in [0, 0.05) is 54.7 Å². The van der Waals surface area contributed by atoms with E-state index in [2.05, 4.69) is 22.9 Å². The van der Waals surface area contributed by atoms with E-state index in [1.165, 1.54) is 0 Å². The first-order chi connectivity index (χ1) is 14.7. The summed E-state index contributed by atoms with van der Waals surface area (Å²) in [5.74, 6) is -0.385. The Morgan fingerprint density at radius 3 is 2.61 bits per heavy atom. The van der Waals surface area contributed by atoms with Gasteiger partial charge >= 0.3 is 0 Å². The Morgan fingerprint density at radius 1 is 1.19 bits per heavy atom. The van der Waals surface area contributed by atoms with Crippen LogP contribution in [0, 0.1) is 13.8 Å². The number of likely N-dealkylation sites (N-methyl/N-ethyl adjacent to an activating group) is 1. The summed E-state index contributed by atoms with van der Waals surface area (Å²) in [6.45, 7) is 7.93. The van der Waals surface area contributed by atoms with Crippen molar-refractivity contribution in [2.75, 3.05) is 39.7 Å². The highest BCUT2D eigenvalue weighted by atomic mass is 16.5. The Bertz CT molecular complexity index is 1140. The summed E-state index contributed by atoms with van der Waals surface area (Å²) in [5.41, 5.74) is 3.46. The van der Waals surface area contributed by atoms with Crippen molar-refractivity contribution in [2.45, 2.75) is 33.4 Å². The van der Waals surface area contributed by atoms with Crippen molar-refractivity contribution < 1.29 is 9.53 Å². The third kappa shape index (κ3) is 4.89. The number of pyridine rings is 1. The van der Waals surface area contributed by atoms with E-state index in [4.69, 9.17) is 4.74 Å². The Hall–Kier alpha value is -2.90. The zero-order chi connectivity index (χ0) is 22.7. The number of hydrogen-bond acceptors (Lipinski definition) is 4. The molecule has 3 aromatic rings. The van der Waals surface area contributed by atoms with Crippen molar-refractivity contribution in [1.82, 2.24) is 14.0 Å². The second-order valence-electron chi connectivity index (χ2n) is 8.36. The Kier molecular flexibility index (Phi) is 6.97.